The van der Waals surface area contributed by atoms with Crippen molar-refractivity contribution in [1.82, 2.24) is 4.90 Å². The summed E-state index contributed by atoms with van der Waals surface area (Å²) < 4.78 is 6.45. The highest BCUT2D eigenvalue weighted by Gasteiger charge is 2.53. The maximum Gasteiger partial charge on any atom is 0.317 e. The third-order valence-electron chi connectivity index (χ3n) is 5.99. The lowest BCUT2D eigenvalue weighted by Crippen LogP contribution is -2.57. The first-order valence-corrected chi connectivity index (χ1v) is 9.08. The van der Waals surface area contributed by atoms with Crippen LogP contribution in [0.3, 0.4) is 0 Å². The molecule has 2 aliphatic rings. The number of aliphatic carboxylic acids is 1. The molecule has 1 aromatic carbocycles. The highest BCUT2D eigenvalue weighted by atomic mass is 16.5. The topological polar surface area (TPSA) is 70.0 Å². The van der Waals surface area contributed by atoms with Gasteiger partial charge in [-0.1, -0.05) is 30.3 Å². The largest absolute Gasteiger partial charge is 0.480 e. The van der Waals surface area contributed by atoms with Crippen LogP contribution in [0.1, 0.15) is 51.0 Å². The minimum atomic E-state index is -0.874. The van der Waals surface area contributed by atoms with E-state index in [4.69, 9.17) is 9.84 Å². The maximum absolute atomic E-state index is 11.1. The Labute approximate surface area is 149 Å². The van der Waals surface area contributed by atoms with Crippen molar-refractivity contribution in [3.8, 4) is 0 Å². The number of nitrogens with zero attached hydrogens (tertiary/aromatic N) is 1. The summed E-state index contributed by atoms with van der Waals surface area (Å²) in [5.41, 5.74) is 0.308. The smallest absolute Gasteiger partial charge is 0.317 e. The third-order valence-corrected chi connectivity index (χ3v) is 5.99. The number of carbonyl (C=O) groups is 1. The zero-order chi connectivity index (χ0) is 18.2. The quantitative estimate of drug-likeness (QED) is 0.876. The average Bonchev–Trinajstić information content (AvgIpc) is 2.60. The van der Waals surface area contributed by atoms with E-state index in [1.165, 1.54) is 5.56 Å². The Morgan fingerprint density at radius 2 is 1.96 bits per heavy atom. The highest BCUT2D eigenvalue weighted by Crippen LogP contribution is 2.50. The van der Waals surface area contributed by atoms with E-state index >= 15 is 0 Å². The SMILES string of the molecule is CN(CC(=O)O)[C@@H]1CC[C@@]2(C)C[C@H](c3ccccc3)C[C@](C)(O2)[C@H]1O. The van der Waals surface area contributed by atoms with Crippen LogP contribution in [0.15, 0.2) is 30.3 Å². The Bertz CT molecular complexity index is 621. The van der Waals surface area contributed by atoms with E-state index in [0.717, 1.165) is 25.7 Å². The molecule has 5 nitrogen and oxygen atoms in total. The summed E-state index contributed by atoms with van der Waals surface area (Å²) in [7, 11) is 1.78. The van der Waals surface area contributed by atoms with E-state index in [1.807, 2.05) is 13.0 Å². The van der Waals surface area contributed by atoms with Crippen molar-refractivity contribution < 1.29 is 19.7 Å². The Kier molecular flexibility index (Phi) is 4.93. The van der Waals surface area contributed by atoms with Gasteiger partial charge in [-0.25, -0.2) is 0 Å². The Hall–Kier alpha value is -1.43. The van der Waals surface area contributed by atoms with E-state index in [2.05, 4.69) is 31.2 Å². The van der Waals surface area contributed by atoms with Gasteiger partial charge in [-0.05, 0) is 58.1 Å². The van der Waals surface area contributed by atoms with Gasteiger partial charge in [0.1, 0.15) is 0 Å². The van der Waals surface area contributed by atoms with Crippen LogP contribution < -0.4 is 0 Å². The Morgan fingerprint density at radius 1 is 1.28 bits per heavy atom. The highest BCUT2D eigenvalue weighted by molar-refractivity contribution is 5.69. The lowest BCUT2D eigenvalue weighted by molar-refractivity contribution is -0.216. The monoisotopic (exact) mass is 347 g/mol. The first-order valence-electron chi connectivity index (χ1n) is 9.08. The van der Waals surface area contributed by atoms with Gasteiger partial charge >= 0.3 is 5.97 Å². The molecule has 2 fully saturated rings. The zero-order valence-electron chi connectivity index (χ0n) is 15.3. The number of ether oxygens (including phenoxy) is 1. The minimum Gasteiger partial charge on any atom is -0.480 e. The fraction of sp³-hybridized carbons (Fsp3) is 0.650. The van der Waals surface area contributed by atoms with Gasteiger partial charge in [-0.15, -0.1) is 0 Å². The number of hydrogen-bond donors (Lipinski definition) is 2. The van der Waals surface area contributed by atoms with Crippen LogP contribution in [0.5, 0.6) is 0 Å². The van der Waals surface area contributed by atoms with E-state index in [1.54, 1.807) is 11.9 Å². The van der Waals surface area contributed by atoms with E-state index in [9.17, 15) is 9.90 Å². The van der Waals surface area contributed by atoms with Gasteiger partial charge in [-0.2, -0.15) is 0 Å². The number of carboxylic acid groups (broad SMARTS) is 1. The summed E-state index contributed by atoms with van der Waals surface area (Å²) in [6.45, 7) is 4.04. The Morgan fingerprint density at radius 3 is 2.60 bits per heavy atom. The first-order chi connectivity index (χ1) is 11.7. The Balaban J connectivity index is 1.89. The van der Waals surface area contributed by atoms with E-state index in [-0.39, 0.29) is 18.2 Å². The zero-order valence-corrected chi connectivity index (χ0v) is 15.3. The average molecular weight is 347 g/mol. The second-order valence-corrected chi connectivity index (χ2v) is 8.24. The van der Waals surface area contributed by atoms with Crippen molar-refractivity contribution in [3.63, 3.8) is 0 Å². The van der Waals surface area contributed by atoms with Crippen LogP contribution in [0.25, 0.3) is 0 Å². The molecule has 5 heteroatoms. The number of carboxylic acids is 1. The molecule has 2 saturated heterocycles. The number of hydrogen-bond acceptors (Lipinski definition) is 4. The molecule has 5 atom stereocenters. The summed E-state index contributed by atoms with van der Waals surface area (Å²) in [4.78, 5) is 12.9. The summed E-state index contributed by atoms with van der Waals surface area (Å²) >= 11 is 0. The fourth-order valence-electron chi connectivity index (χ4n) is 4.83. The molecule has 25 heavy (non-hydrogen) atoms. The minimum absolute atomic E-state index is 0.0728. The fourth-order valence-corrected chi connectivity index (χ4v) is 4.83. The molecule has 0 unspecified atom stereocenters. The summed E-state index contributed by atoms with van der Waals surface area (Å²) in [6, 6.07) is 10.2. The molecule has 0 saturated carbocycles. The van der Waals surface area contributed by atoms with Gasteiger partial charge in [0.2, 0.25) is 0 Å². The van der Waals surface area contributed by atoms with Gasteiger partial charge in [0.25, 0.3) is 0 Å². The van der Waals surface area contributed by atoms with Crippen LogP contribution in [0.2, 0.25) is 0 Å². The van der Waals surface area contributed by atoms with Crippen LogP contribution in [0.4, 0.5) is 0 Å². The number of likely N-dealkylation sites (N-methyl/N-ethyl adjacent to an activating group) is 1. The molecule has 2 heterocycles. The first kappa shape index (κ1) is 18.4. The van der Waals surface area contributed by atoms with E-state index in [0.29, 0.717) is 5.92 Å². The summed E-state index contributed by atoms with van der Waals surface area (Å²) in [6.07, 6.45) is 2.50. The molecular formula is C20H29NO4. The maximum atomic E-state index is 11.1. The predicted molar refractivity (Wildman–Crippen MR) is 95.6 cm³/mol. The molecule has 3 rings (SSSR count). The van der Waals surface area contributed by atoms with Gasteiger partial charge in [0.05, 0.1) is 23.9 Å². The number of rotatable bonds is 4. The predicted octanol–water partition coefficient (Wildman–Crippen LogP) is 2.64. The molecule has 1 aromatic rings. The third kappa shape index (κ3) is 3.73. The van der Waals surface area contributed by atoms with Crippen LogP contribution in [-0.2, 0) is 9.53 Å². The van der Waals surface area contributed by atoms with Crippen LogP contribution in [-0.4, -0.2) is 58.0 Å². The van der Waals surface area contributed by atoms with Crippen LogP contribution >= 0.6 is 0 Å². The molecule has 0 radical (unpaired) electrons. The molecule has 0 aromatic heterocycles. The second kappa shape index (κ2) is 6.71. The van der Waals surface area contributed by atoms with Gasteiger partial charge < -0.3 is 14.9 Å². The summed E-state index contributed by atoms with van der Waals surface area (Å²) in [5.74, 6) is -0.538. The van der Waals surface area contributed by atoms with Crippen molar-refractivity contribution in [2.45, 2.75) is 68.8 Å². The van der Waals surface area contributed by atoms with Gasteiger partial charge in [-0.3, -0.25) is 9.69 Å². The normalized spacial score (nSPS) is 38.4. The van der Waals surface area contributed by atoms with Gasteiger partial charge in [0.15, 0.2) is 0 Å². The van der Waals surface area contributed by atoms with Gasteiger partial charge in [0, 0.05) is 6.04 Å². The van der Waals surface area contributed by atoms with Crippen molar-refractivity contribution in [1.29, 1.82) is 0 Å². The molecule has 0 spiro atoms. The van der Waals surface area contributed by atoms with Crippen LogP contribution in [0, 0.1) is 0 Å². The molecule has 2 aliphatic heterocycles. The molecule has 138 valence electrons. The molecule has 0 amide bonds. The number of fused-ring (bicyclic) bond motifs is 2. The number of aliphatic hydroxyl groups excluding tert-OH is 1. The summed E-state index contributed by atoms with van der Waals surface area (Å²) in [5, 5.41) is 20.2. The van der Waals surface area contributed by atoms with Crippen molar-refractivity contribution >= 4 is 5.97 Å². The molecule has 2 bridgehead atoms. The van der Waals surface area contributed by atoms with Crippen molar-refractivity contribution in [2.75, 3.05) is 13.6 Å². The van der Waals surface area contributed by atoms with Crippen molar-refractivity contribution in [2.24, 2.45) is 0 Å². The number of benzene rings is 1. The standard InChI is InChI=1S/C20H29NO4/c1-19-10-9-16(21(3)13-17(22)23)18(24)20(2,25-19)12-15(11-19)14-7-5-4-6-8-14/h4-8,15-16,18,24H,9-13H2,1-3H3,(H,22,23)/t15-,16+,18-,19-,20-/m0/s1. The van der Waals surface area contributed by atoms with Crippen molar-refractivity contribution in [3.05, 3.63) is 35.9 Å². The lowest BCUT2D eigenvalue weighted by Gasteiger charge is -2.49. The molecule has 0 aliphatic carbocycles. The number of aliphatic hydroxyl groups is 1. The van der Waals surface area contributed by atoms with E-state index < -0.39 is 17.7 Å². The molecule has 2 N–H and O–H groups in total. The second-order valence-electron chi connectivity index (χ2n) is 8.24. The lowest BCUT2D eigenvalue weighted by atomic mass is 9.74. The molecular weight excluding hydrogens is 318 g/mol.